The van der Waals surface area contributed by atoms with E-state index in [0.29, 0.717) is 5.76 Å². The van der Waals surface area contributed by atoms with Crippen LogP contribution < -0.4 is 10.2 Å². The van der Waals surface area contributed by atoms with Gasteiger partial charge in [-0.3, -0.25) is 4.79 Å². The molecule has 0 radical (unpaired) electrons. The Bertz CT molecular complexity index is 726. The zero-order valence-corrected chi connectivity index (χ0v) is 14.9. The minimum Gasteiger partial charge on any atom is -0.462 e. The predicted octanol–water partition coefficient (Wildman–Crippen LogP) is 3.25. The maximum absolute atomic E-state index is 12.0. The van der Waals surface area contributed by atoms with Crippen LogP contribution in [0, 0.1) is 0 Å². The summed E-state index contributed by atoms with van der Waals surface area (Å²) >= 11 is 0. The number of hydrogen-bond donors (Lipinski definition) is 1. The summed E-state index contributed by atoms with van der Waals surface area (Å²) in [5.41, 5.74) is 1.99. The van der Waals surface area contributed by atoms with E-state index in [1.165, 1.54) is 11.8 Å². The summed E-state index contributed by atoms with van der Waals surface area (Å²) in [7, 11) is 2.15. The molecule has 25 heavy (non-hydrogen) atoms. The van der Waals surface area contributed by atoms with E-state index in [1.807, 2.05) is 31.2 Å². The van der Waals surface area contributed by atoms with Crippen molar-refractivity contribution in [2.75, 3.05) is 43.4 Å². The van der Waals surface area contributed by atoms with Crippen LogP contribution in [0.5, 0.6) is 0 Å². The maximum Gasteiger partial charge on any atom is 0.248 e. The molecular formula is C20H25N3O2. The number of rotatable bonds is 5. The normalized spacial score (nSPS) is 15.7. The number of aryl methyl sites for hydroxylation is 1. The molecule has 1 aliphatic heterocycles. The van der Waals surface area contributed by atoms with Crippen LogP contribution in [0.4, 0.5) is 11.4 Å². The van der Waals surface area contributed by atoms with Crippen molar-refractivity contribution in [1.29, 1.82) is 0 Å². The monoisotopic (exact) mass is 339 g/mol. The molecule has 1 fully saturated rings. The molecule has 1 aliphatic rings. The number of carbonyl (C=O) groups is 1. The number of piperazine rings is 1. The number of hydrogen-bond acceptors (Lipinski definition) is 4. The first-order valence-electron chi connectivity index (χ1n) is 8.75. The van der Waals surface area contributed by atoms with Crippen LogP contribution in [0.1, 0.15) is 18.4 Å². The van der Waals surface area contributed by atoms with E-state index >= 15 is 0 Å². The molecule has 0 unspecified atom stereocenters. The Morgan fingerprint density at radius 2 is 1.84 bits per heavy atom. The Kier molecular flexibility index (Phi) is 5.56. The molecule has 1 aromatic carbocycles. The Labute approximate surface area is 148 Å². The second kappa shape index (κ2) is 8.03. The van der Waals surface area contributed by atoms with Crippen molar-refractivity contribution < 1.29 is 9.21 Å². The van der Waals surface area contributed by atoms with Crippen LogP contribution in [0.15, 0.2) is 46.9 Å². The molecule has 1 amide bonds. The lowest BCUT2D eigenvalue weighted by molar-refractivity contribution is -0.111. The van der Waals surface area contributed by atoms with Crippen molar-refractivity contribution >= 4 is 23.4 Å². The smallest absolute Gasteiger partial charge is 0.248 e. The first kappa shape index (κ1) is 17.3. The minimum atomic E-state index is -0.165. The van der Waals surface area contributed by atoms with Crippen LogP contribution in [0.3, 0.4) is 0 Å². The summed E-state index contributed by atoms with van der Waals surface area (Å²) in [6, 6.07) is 11.8. The molecule has 1 N–H and O–H groups in total. The second-order valence-corrected chi connectivity index (χ2v) is 6.32. The highest BCUT2D eigenvalue weighted by Gasteiger charge is 2.14. The summed E-state index contributed by atoms with van der Waals surface area (Å²) in [6.07, 6.45) is 4.03. The third-order valence-corrected chi connectivity index (χ3v) is 4.43. The third kappa shape index (κ3) is 4.73. The van der Waals surface area contributed by atoms with Gasteiger partial charge in [0.15, 0.2) is 0 Å². The van der Waals surface area contributed by atoms with E-state index in [1.54, 1.807) is 6.08 Å². The summed E-state index contributed by atoms with van der Waals surface area (Å²) < 4.78 is 5.55. The fourth-order valence-electron chi connectivity index (χ4n) is 2.84. The molecule has 2 heterocycles. The summed E-state index contributed by atoms with van der Waals surface area (Å²) in [5.74, 6) is 1.44. The van der Waals surface area contributed by atoms with Crippen LogP contribution in [-0.2, 0) is 11.2 Å². The van der Waals surface area contributed by atoms with E-state index < -0.39 is 0 Å². The molecule has 0 aliphatic carbocycles. The van der Waals surface area contributed by atoms with Crippen molar-refractivity contribution in [3.63, 3.8) is 0 Å². The molecule has 1 aromatic heterocycles. The molecule has 5 nitrogen and oxygen atoms in total. The zero-order chi connectivity index (χ0) is 17.6. The molecule has 3 rings (SSSR count). The minimum absolute atomic E-state index is 0.165. The molecule has 2 aromatic rings. The molecule has 5 heteroatoms. The Morgan fingerprint density at radius 3 is 2.48 bits per heavy atom. The van der Waals surface area contributed by atoms with Gasteiger partial charge in [-0.25, -0.2) is 0 Å². The van der Waals surface area contributed by atoms with E-state index in [-0.39, 0.29) is 5.91 Å². The predicted molar refractivity (Wildman–Crippen MR) is 102 cm³/mol. The highest BCUT2D eigenvalue weighted by Crippen LogP contribution is 2.19. The van der Waals surface area contributed by atoms with Crippen molar-refractivity contribution in [1.82, 2.24) is 4.90 Å². The summed E-state index contributed by atoms with van der Waals surface area (Å²) in [5, 5.41) is 2.88. The molecule has 0 atom stereocenters. The number of likely N-dealkylation sites (N-methyl/N-ethyl adjacent to an activating group) is 1. The van der Waals surface area contributed by atoms with E-state index in [4.69, 9.17) is 4.42 Å². The average molecular weight is 339 g/mol. The fraction of sp³-hybridized carbons (Fsp3) is 0.350. The Morgan fingerprint density at radius 1 is 1.12 bits per heavy atom. The maximum atomic E-state index is 12.0. The average Bonchev–Trinajstić information content (AvgIpc) is 3.10. The van der Waals surface area contributed by atoms with Gasteiger partial charge in [-0.1, -0.05) is 6.92 Å². The number of nitrogens with one attached hydrogen (secondary N) is 1. The van der Waals surface area contributed by atoms with Gasteiger partial charge in [0.25, 0.3) is 0 Å². The Hall–Kier alpha value is -2.53. The van der Waals surface area contributed by atoms with E-state index in [0.717, 1.165) is 44.0 Å². The van der Waals surface area contributed by atoms with Gasteiger partial charge < -0.3 is 19.5 Å². The number of amides is 1. The number of nitrogens with zero attached hydrogens (tertiary/aromatic N) is 2. The zero-order valence-electron chi connectivity index (χ0n) is 14.9. The van der Waals surface area contributed by atoms with Gasteiger partial charge >= 0.3 is 0 Å². The van der Waals surface area contributed by atoms with E-state index in [2.05, 4.69) is 34.3 Å². The van der Waals surface area contributed by atoms with Gasteiger partial charge in [-0.2, -0.15) is 0 Å². The van der Waals surface area contributed by atoms with Crippen molar-refractivity contribution in [2.45, 2.75) is 13.3 Å². The number of carbonyl (C=O) groups excluding carboxylic acids is 1. The standard InChI is InChI=1S/C20H25N3O2/c1-3-18-8-9-19(25-18)10-11-20(24)21-16-4-6-17(7-5-16)23-14-12-22(2)13-15-23/h4-11H,3,12-15H2,1-2H3,(H,21,24). The quantitative estimate of drug-likeness (QED) is 0.850. The SMILES string of the molecule is CCc1ccc(C=CC(=O)Nc2ccc(N3CCN(C)CC3)cc2)o1. The highest BCUT2D eigenvalue weighted by molar-refractivity contribution is 6.01. The van der Waals surface area contributed by atoms with Gasteiger partial charge in [0.05, 0.1) is 0 Å². The molecule has 132 valence electrons. The number of anilines is 2. The lowest BCUT2D eigenvalue weighted by atomic mass is 10.2. The van der Waals surface area contributed by atoms with Crippen LogP contribution in [-0.4, -0.2) is 44.0 Å². The topological polar surface area (TPSA) is 48.7 Å². The first-order chi connectivity index (χ1) is 12.1. The lowest BCUT2D eigenvalue weighted by Crippen LogP contribution is -2.44. The number of benzene rings is 1. The third-order valence-electron chi connectivity index (χ3n) is 4.43. The van der Waals surface area contributed by atoms with Crippen molar-refractivity contribution in [3.8, 4) is 0 Å². The van der Waals surface area contributed by atoms with Gasteiger partial charge in [-0.15, -0.1) is 0 Å². The largest absolute Gasteiger partial charge is 0.462 e. The van der Waals surface area contributed by atoms with Crippen LogP contribution in [0.25, 0.3) is 6.08 Å². The van der Waals surface area contributed by atoms with Crippen LogP contribution in [0.2, 0.25) is 0 Å². The van der Waals surface area contributed by atoms with Crippen LogP contribution >= 0.6 is 0 Å². The lowest BCUT2D eigenvalue weighted by Gasteiger charge is -2.34. The molecule has 1 saturated heterocycles. The molecule has 0 saturated carbocycles. The van der Waals surface area contributed by atoms with Gasteiger partial charge in [0, 0.05) is 50.1 Å². The number of furan rings is 1. The van der Waals surface area contributed by atoms with Gasteiger partial charge in [0.2, 0.25) is 5.91 Å². The summed E-state index contributed by atoms with van der Waals surface area (Å²) in [4.78, 5) is 16.7. The van der Waals surface area contributed by atoms with Gasteiger partial charge in [0.1, 0.15) is 11.5 Å². The highest BCUT2D eigenvalue weighted by atomic mass is 16.3. The second-order valence-electron chi connectivity index (χ2n) is 6.32. The summed E-state index contributed by atoms with van der Waals surface area (Å²) in [6.45, 7) is 6.26. The first-order valence-corrected chi connectivity index (χ1v) is 8.75. The molecule has 0 bridgehead atoms. The van der Waals surface area contributed by atoms with Crippen molar-refractivity contribution in [2.24, 2.45) is 0 Å². The fourth-order valence-corrected chi connectivity index (χ4v) is 2.84. The molecular weight excluding hydrogens is 314 g/mol. The van der Waals surface area contributed by atoms with Gasteiger partial charge in [-0.05, 0) is 49.5 Å². The molecule has 0 spiro atoms. The Balaban J connectivity index is 1.54. The van der Waals surface area contributed by atoms with E-state index in [9.17, 15) is 4.79 Å². The van der Waals surface area contributed by atoms with Crippen molar-refractivity contribution in [3.05, 3.63) is 54.0 Å².